The zero-order valence-corrected chi connectivity index (χ0v) is 19.5. The molecule has 9 atom stereocenters. The predicted molar refractivity (Wildman–Crippen MR) is 123 cm³/mol. The molecule has 4 aliphatic rings. The predicted octanol–water partition coefficient (Wildman–Crippen LogP) is 5.30. The molecular weight excluding hydrogens is 402 g/mol. The van der Waals surface area contributed by atoms with E-state index in [1.165, 1.54) is 0 Å². The molecule has 4 fully saturated rings. The fourth-order valence-electron chi connectivity index (χ4n) is 8.58. The highest BCUT2D eigenvalue weighted by molar-refractivity contribution is 5.93. The van der Waals surface area contributed by atoms with E-state index in [-0.39, 0.29) is 40.8 Å². The largest absolute Gasteiger partial charge is 0.459 e. The highest BCUT2D eigenvalue weighted by Crippen LogP contribution is 2.69. The molecule has 0 aliphatic heterocycles. The molecule has 1 aromatic rings. The molecule has 0 heterocycles. The third kappa shape index (κ3) is 3.14. The number of ether oxygens (including phenoxy) is 1. The van der Waals surface area contributed by atoms with Crippen molar-refractivity contribution >= 4 is 11.7 Å². The molecule has 0 amide bonds. The Hall–Kier alpha value is -1.88. The number of hydrogen-bond acceptors (Lipinski definition) is 5. The molecule has 174 valence electrons. The average Bonchev–Trinajstić information content (AvgIpc) is 3.26. The minimum absolute atomic E-state index is 0.0654. The second-order valence-corrected chi connectivity index (χ2v) is 11.5. The molecule has 0 spiro atoms. The maximum absolute atomic E-state index is 12.7. The van der Waals surface area contributed by atoms with Crippen molar-refractivity contribution < 1.29 is 19.8 Å². The Morgan fingerprint density at radius 1 is 1.06 bits per heavy atom. The topological polar surface area (TPSA) is 79.1 Å². The normalized spacial score (nSPS) is 45.1. The van der Waals surface area contributed by atoms with Crippen molar-refractivity contribution in [1.82, 2.24) is 0 Å². The minimum Gasteiger partial charge on any atom is -0.459 e. The number of esters is 1. The molecule has 5 heteroatoms. The van der Waals surface area contributed by atoms with Crippen LogP contribution < -0.4 is 0 Å². The van der Waals surface area contributed by atoms with Crippen LogP contribution in [0, 0.1) is 40.4 Å². The smallest absolute Gasteiger partial charge is 0.338 e. The number of oxime groups is 1. The molecule has 0 saturated heterocycles. The molecule has 1 aromatic carbocycles. The molecule has 32 heavy (non-hydrogen) atoms. The summed E-state index contributed by atoms with van der Waals surface area (Å²) in [7, 11) is 0. The van der Waals surface area contributed by atoms with E-state index in [1.54, 1.807) is 12.1 Å². The zero-order chi connectivity index (χ0) is 22.7. The van der Waals surface area contributed by atoms with E-state index in [9.17, 15) is 15.1 Å². The van der Waals surface area contributed by atoms with Crippen LogP contribution in [0.5, 0.6) is 0 Å². The van der Waals surface area contributed by atoms with Crippen LogP contribution in [0.25, 0.3) is 0 Å². The van der Waals surface area contributed by atoms with Crippen LogP contribution in [-0.4, -0.2) is 34.2 Å². The van der Waals surface area contributed by atoms with Crippen molar-refractivity contribution in [2.75, 3.05) is 0 Å². The lowest BCUT2D eigenvalue weighted by molar-refractivity contribution is -0.0529. The van der Waals surface area contributed by atoms with Gasteiger partial charge in [0.25, 0.3) is 0 Å². The monoisotopic (exact) mass is 439 g/mol. The van der Waals surface area contributed by atoms with Gasteiger partial charge in [0, 0.05) is 17.8 Å². The molecule has 0 aromatic heterocycles. The van der Waals surface area contributed by atoms with Gasteiger partial charge in [-0.15, -0.1) is 0 Å². The number of carbonyl (C=O) groups excluding carboxylic acids is 1. The van der Waals surface area contributed by atoms with E-state index >= 15 is 0 Å². The summed E-state index contributed by atoms with van der Waals surface area (Å²) < 4.78 is 5.98. The third-order valence-corrected chi connectivity index (χ3v) is 10.2. The highest BCUT2D eigenvalue weighted by Gasteiger charge is 2.66. The van der Waals surface area contributed by atoms with E-state index in [4.69, 9.17) is 4.74 Å². The summed E-state index contributed by atoms with van der Waals surface area (Å²) in [6, 6.07) is 9.24. The van der Waals surface area contributed by atoms with Crippen LogP contribution in [0.15, 0.2) is 35.5 Å². The molecule has 1 unspecified atom stereocenters. The Balaban J connectivity index is 1.39. The Bertz CT molecular complexity index is 900. The van der Waals surface area contributed by atoms with Gasteiger partial charge in [-0.05, 0) is 86.7 Å². The molecule has 0 radical (unpaired) electrons. The summed E-state index contributed by atoms with van der Waals surface area (Å²) in [5.41, 5.74) is 1.73. The first-order valence-corrected chi connectivity index (χ1v) is 12.5. The quantitative estimate of drug-likeness (QED) is 0.380. The summed E-state index contributed by atoms with van der Waals surface area (Å²) in [4.78, 5) is 12.7. The highest BCUT2D eigenvalue weighted by atomic mass is 16.5. The number of rotatable bonds is 3. The van der Waals surface area contributed by atoms with Crippen molar-refractivity contribution in [3.8, 4) is 0 Å². The van der Waals surface area contributed by atoms with Crippen molar-refractivity contribution in [3.63, 3.8) is 0 Å². The Morgan fingerprint density at radius 3 is 2.47 bits per heavy atom. The van der Waals surface area contributed by atoms with Crippen LogP contribution in [0.2, 0.25) is 0 Å². The maximum atomic E-state index is 12.7. The average molecular weight is 440 g/mol. The summed E-state index contributed by atoms with van der Waals surface area (Å²) in [5, 5.41) is 24.4. The molecule has 2 N–H and O–H groups in total. The number of carbonyl (C=O) groups is 1. The summed E-state index contributed by atoms with van der Waals surface area (Å²) in [5.74, 6) is 1.48. The maximum Gasteiger partial charge on any atom is 0.338 e. The fourth-order valence-corrected chi connectivity index (χ4v) is 8.58. The van der Waals surface area contributed by atoms with Gasteiger partial charge in [-0.25, -0.2) is 4.79 Å². The lowest BCUT2D eigenvalue weighted by Gasteiger charge is -2.50. The second kappa shape index (κ2) is 7.86. The van der Waals surface area contributed by atoms with Crippen LogP contribution in [0.1, 0.15) is 76.1 Å². The summed E-state index contributed by atoms with van der Waals surface area (Å²) in [6.07, 6.45) is 6.52. The van der Waals surface area contributed by atoms with E-state index in [1.807, 2.05) is 18.2 Å². The van der Waals surface area contributed by atoms with Crippen molar-refractivity contribution in [3.05, 3.63) is 35.9 Å². The van der Waals surface area contributed by atoms with Crippen molar-refractivity contribution in [2.24, 2.45) is 45.6 Å². The van der Waals surface area contributed by atoms with E-state index < -0.39 is 0 Å². The van der Waals surface area contributed by atoms with Gasteiger partial charge in [-0.3, -0.25) is 0 Å². The standard InChI is InChI=1S/C27H37NO4/c1-16(32-25(30)17-7-5-4-6-8-17)19-9-10-20-23-21(12-14-26(19,20)2)27(3)13-11-18(29)15-22(27)24(23)28-31/h4-8,16,18-23,29,31H,9-15H2,1-3H3/b28-24-/t16-,18+,19-,20+,21+,22?,23+,26-,27-/m1/s1. The van der Waals surface area contributed by atoms with Crippen LogP contribution in [0.4, 0.5) is 0 Å². The van der Waals surface area contributed by atoms with Gasteiger partial charge >= 0.3 is 5.97 Å². The lowest BCUT2D eigenvalue weighted by Crippen LogP contribution is -2.46. The first-order chi connectivity index (χ1) is 15.3. The van der Waals surface area contributed by atoms with Gasteiger partial charge in [-0.2, -0.15) is 0 Å². The number of aliphatic hydroxyl groups excluding tert-OH is 1. The minimum atomic E-state index is -0.287. The molecule has 5 rings (SSSR count). The third-order valence-electron chi connectivity index (χ3n) is 10.2. The SMILES string of the molecule is C[C@@H](OC(=O)c1ccccc1)[C@H]1CC[C@H]2[C@@H]3/C(=N\O)C4C[C@@H](O)CC[C@]4(C)[C@H]3CC[C@]12C. The summed E-state index contributed by atoms with van der Waals surface area (Å²) >= 11 is 0. The number of aliphatic hydroxyl groups is 1. The van der Waals surface area contributed by atoms with Gasteiger partial charge in [0.1, 0.15) is 6.10 Å². The molecular formula is C27H37NO4. The van der Waals surface area contributed by atoms with Crippen LogP contribution in [0.3, 0.4) is 0 Å². The van der Waals surface area contributed by atoms with E-state index in [2.05, 4.69) is 25.9 Å². The van der Waals surface area contributed by atoms with Gasteiger partial charge in [0.2, 0.25) is 0 Å². The second-order valence-electron chi connectivity index (χ2n) is 11.5. The van der Waals surface area contributed by atoms with Crippen LogP contribution >= 0.6 is 0 Å². The molecule has 4 saturated carbocycles. The van der Waals surface area contributed by atoms with E-state index in [0.717, 1.165) is 50.7 Å². The molecule has 4 aliphatic carbocycles. The summed E-state index contributed by atoms with van der Waals surface area (Å²) in [6.45, 7) is 6.81. The number of fused-ring (bicyclic) bond motifs is 5. The van der Waals surface area contributed by atoms with E-state index in [0.29, 0.717) is 23.3 Å². The fraction of sp³-hybridized carbons (Fsp3) is 0.704. The Kier molecular flexibility index (Phi) is 5.39. The number of nitrogens with zero attached hydrogens (tertiary/aromatic N) is 1. The number of hydrogen-bond donors (Lipinski definition) is 2. The molecule has 5 nitrogen and oxygen atoms in total. The number of benzene rings is 1. The Morgan fingerprint density at radius 2 is 1.75 bits per heavy atom. The van der Waals surface area contributed by atoms with Crippen molar-refractivity contribution in [1.29, 1.82) is 0 Å². The first-order valence-electron chi connectivity index (χ1n) is 12.5. The van der Waals surface area contributed by atoms with Crippen molar-refractivity contribution in [2.45, 2.75) is 77.9 Å². The zero-order valence-electron chi connectivity index (χ0n) is 19.5. The first kappa shape index (κ1) is 21.9. The molecule has 0 bridgehead atoms. The van der Waals surface area contributed by atoms with Gasteiger partial charge < -0.3 is 15.1 Å². The van der Waals surface area contributed by atoms with Crippen LogP contribution in [-0.2, 0) is 4.74 Å². The van der Waals surface area contributed by atoms with Gasteiger partial charge in [0.15, 0.2) is 0 Å². The Labute approximate surface area is 191 Å². The van der Waals surface area contributed by atoms with Gasteiger partial charge in [-0.1, -0.05) is 37.2 Å². The lowest BCUT2D eigenvalue weighted by atomic mass is 9.54. The van der Waals surface area contributed by atoms with Gasteiger partial charge in [0.05, 0.1) is 17.4 Å².